The van der Waals surface area contributed by atoms with Gasteiger partial charge in [-0.05, 0) is 61.7 Å². The van der Waals surface area contributed by atoms with Gasteiger partial charge in [0.15, 0.2) is 0 Å². The molecule has 1 N–H and O–H groups in total. The van der Waals surface area contributed by atoms with Gasteiger partial charge in [-0.15, -0.1) is 0 Å². The fraction of sp³-hybridized carbons (Fsp3) is 0.350. The second-order valence-corrected chi connectivity index (χ2v) is 8.60. The summed E-state index contributed by atoms with van der Waals surface area (Å²) in [4.78, 5) is 12.6. The number of carbonyl (C=O) groups is 1. The Morgan fingerprint density at radius 1 is 0.962 bits per heavy atom. The topological polar surface area (TPSA) is 66.5 Å². The fourth-order valence-electron chi connectivity index (χ4n) is 3.14. The number of hydrogen-bond acceptors (Lipinski definition) is 3. The molecule has 2 aromatic rings. The summed E-state index contributed by atoms with van der Waals surface area (Å²) < 4.78 is 27.1. The maximum Gasteiger partial charge on any atom is 0.255 e. The molecule has 3 rings (SSSR count). The third-order valence-corrected chi connectivity index (χ3v) is 6.51. The Morgan fingerprint density at radius 3 is 2.23 bits per heavy atom. The summed E-state index contributed by atoms with van der Waals surface area (Å²) in [7, 11) is -3.49. The summed E-state index contributed by atoms with van der Waals surface area (Å²) in [6.07, 6.45) is 3.95. The van der Waals surface area contributed by atoms with E-state index in [2.05, 4.69) is 5.32 Å². The van der Waals surface area contributed by atoms with Crippen molar-refractivity contribution in [1.29, 1.82) is 0 Å². The van der Waals surface area contributed by atoms with Crippen molar-refractivity contribution in [2.45, 2.75) is 37.5 Å². The molecule has 0 saturated carbocycles. The Kier molecular flexibility index (Phi) is 5.74. The van der Waals surface area contributed by atoms with E-state index in [1.165, 1.54) is 12.1 Å². The van der Waals surface area contributed by atoms with Gasteiger partial charge in [0.05, 0.1) is 4.90 Å². The first kappa shape index (κ1) is 18.6. The standard InChI is InChI=1S/C20H24N2O3S/c1-16-7-6-8-18(15-16)21-20(23)17-9-11-19(12-10-17)26(24,25)22-13-4-2-3-5-14-22/h6-12,15H,2-5,13-14H2,1H3,(H,21,23). The van der Waals surface area contributed by atoms with Gasteiger partial charge in [-0.1, -0.05) is 25.0 Å². The largest absolute Gasteiger partial charge is 0.322 e. The number of nitrogens with one attached hydrogen (secondary N) is 1. The highest BCUT2D eigenvalue weighted by Crippen LogP contribution is 2.21. The van der Waals surface area contributed by atoms with Crippen molar-refractivity contribution in [3.63, 3.8) is 0 Å². The Balaban J connectivity index is 1.74. The van der Waals surface area contributed by atoms with Crippen molar-refractivity contribution < 1.29 is 13.2 Å². The fourth-order valence-corrected chi connectivity index (χ4v) is 4.65. The average molecular weight is 372 g/mol. The van der Waals surface area contributed by atoms with Crippen LogP contribution >= 0.6 is 0 Å². The molecule has 0 aromatic heterocycles. The third-order valence-electron chi connectivity index (χ3n) is 4.60. The highest BCUT2D eigenvalue weighted by atomic mass is 32.2. The molecule has 1 fully saturated rings. The van der Waals surface area contributed by atoms with Crippen molar-refractivity contribution in [1.82, 2.24) is 4.31 Å². The van der Waals surface area contributed by atoms with Crippen LogP contribution in [-0.2, 0) is 10.0 Å². The second kappa shape index (κ2) is 8.01. The molecule has 0 unspecified atom stereocenters. The molecule has 0 bridgehead atoms. The summed E-state index contributed by atoms with van der Waals surface area (Å²) in [5, 5.41) is 2.83. The van der Waals surface area contributed by atoms with E-state index in [4.69, 9.17) is 0 Å². The van der Waals surface area contributed by atoms with Gasteiger partial charge in [-0.2, -0.15) is 4.31 Å². The zero-order valence-corrected chi connectivity index (χ0v) is 15.8. The monoisotopic (exact) mass is 372 g/mol. The molecular weight excluding hydrogens is 348 g/mol. The van der Waals surface area contributed by atoms with Gasteiger partial charge in [0.1, 0.15) is 0 Å². The van der Waals surface area contributed by atoms with Gasteiger partial charge in [0.2, 0.25) is 10.0 Å². The number of anilines is 1. The van der Waals surface area contributed by atoms with Gasteiger partial charge in [-0.3, -0.25) is 4.79 Å². The number of amides is 1. The summed E-state index contributed by atoms with van der Waals surface area (Å²) in [5.74, 6) is -0.255. The van der Waals surface area contributed by atoms with E-state index < -0.39 is 10.0 Å². The van der Waals surface area contributed by atoms with Crippen LogP contribution < -0.4 is 5.32 Å². The number of rotatable bonds is 4. The minimum absolute atomic E-state index is 0.242. The van der Waals surface area contributed by atoms with E-state index in [0.29, 0.717) is 18.7 Å². The predicted octanol–water partition coefficient (Wildman–Crippen LogP) is 3.81. The Labute approximate surface area is 155 Å². The first-order valence-corrected chi connectivity index (χ1v) is 10.4. The highest BCUT2D eigenvalue weighted by molar-refractivity contribution is 7.89. The number of hydrogen-bond donors (Lipinski definition) is 1. The molecule has 1 aliphatic rings. The number of sulfonamides is 1. The van der Waals surface area contributed by atoms with Crippen LogP contribution in [0.5, 0.6) is 0 Å². The smallest absolute Gasteiger partial charge is 0.255 e. The molecule has 5 nitrogen and oxygen atoms in total. The molecule has 138 valence electrons. The van der Waals surface area contributed by atoms with E-state index in [9.17, 15) is 13.2 Å². The lowest BCUT2D eigenvalue weighted by Crippen LogP contribution is -2.31. The first-order valence-electron chi connectivity index (χ1n) is 8.95. The summed E-state index contributed by atoms with van der Waals surface area (Å²) >= 11 is 0. The van der Waals surface area contributed by atoms with E-state index in [1.54, 1.807) is 16.4 Å². The highest BCUT2D eigenvalue weighted by Gasteiger charge is 2.25. The van der Waals surface area contributed by atoms with Gasteiger partial charge >= 0.3 is 0 Å². The molecule has 0 atom stereocenters. The summed E-state index contributed by atoms with van der Waals surface area (Å²) in [6, 6.07) is 13.7. The molecular formula is C20H24N2O3S. The van der Waals surface area contributed by atoms with E-state index >= 15 is 0 Å². The lowest BCUT2D eigenvalue weighted by Gasteiger charge is -2.20. The zero-order chi connectivity index (χ0) is 18.6. The minimum Gasteiger partial charge on any atom is -0.322 e. The molecule has 6 heteroatoms. The average Bonchev–Trinajstić information content (AvgIpc) is 2.92. The number of aryl methyl sites for hydroxylation is 1. The molecule has 1 aliphatic heterocycles. The maximum absolute atomic E-state index is 12.8. The lowest BCUT2D eigenvalue weighted by atomic mass is 10.2. The SMILES string of the molecule is Cc1cccc(NC(=O)c2ccc(S(=O)(=O)N3CCCCCC3)cc2)c1. The lowest BCUT2D eigenvalue weighted by molar-refractivity contribution is 0.102. The quantitative estimate of drug-likeness (QED) is 0.887. The van der Waals surface area contributed by atoms with Crippen molar-refractivity contribution in [2.75, 3.05) is 18.4 Å². The Morgan fingerprint density at radius 2 is 1.62 bits per heavy atom. The van der Waals surface area contributed by atoms with Gasteiger partial charge in [0, 0.05) is 24.3 Å². The minimum atomic E-state index is -3.49. The van der Waals surface area contributed by atoms with Crippen LogP contribution in [0.2, 0.25) is 0 Å². The number of benzene rings is 2. The van der Waals surface area contributed by atoms with Crippen molar-refractivity contribution >= 4 is 21.6 Å². The van der Waals surface area contributed by atoms with Gasteiger partial charge in [-0.25, -0.2) is 8.42 Å². The first-order chi connectivity index (χ1) is 12.5. The molecule has 0 spiro atoms. The summed E-state index contributed by atoms with van der Waals surface area (Å²) in [5.41, 5.74) is 2.21. The molecule has 0 aliphatic carbocycles. The zero-order valence-electron chi connectivity index (χ0n) is 14.9. The van der Waals surface area contributed by atoms with Gasteiger partial charge < -0.3 is 5.32 Å². The molecule has 1 amide bonds. The van der Waals surface area contributed by atoms with Crippen LogP contribution in [0.25, 0.3) is 0 Å². The van der Waals surface area contributed by atoms with Crippen LogP contribution in [0.3, 0.4) is 0 Å². The van der Waals surface area contributed by atoms with Gasteiger partial charge in [0.25, 0.3) is 5.91 Å². The van der Waals surface area contributed by atoms with E-state index in [-0.39, 0.29) is 10.8 Å². The van der Waals surface area contributed by atoms with Crippen LogP contribution in [0, 0.1) is 6.92 Å². The molecule has 26 heavy (non-hydrogen) atoms. The number of nitrogens with zero attached hydrogens (tertiary/aromatic N) is 1. The Hall–Kier alpha value is -2.18. The van der Waals surface area contributed by atoms with Crippen LogP contribution in [0.4, 0.5) is 5.69 Å². The second-order valence-electron chi connectivity index (χ2n) is 6.67. The van der Waals surface area contributed by atoms with Crippen molar-refractivity contribution in [2.24, 2.45) is 0 Å². The summed E-state index contributed by atoms with van der Waals surface area (Å²) in [6.45, 7) is 3.09. The maximum atomic E-state index is 12.8. The van der Waals surface area contributed by atoms with E-state index in [1.807, 2.05) is 31.2 Å². The molecule has 2 aromatic carbocycles. The van der Waals surface area contributed by atoms with Crippen molar-refractivity contribution in [3.8, 4) is 0 Å². The normalized spacial score (nSPS) is 16.0. The van der Waals surface area contributed by atoms with E-state index in [0.717, 1.165) is 36.9 Å². The molecule has 1 saturated heterocycles. The molecule has 1 heterocycles. The van der Waals surface area contributed by atoms with Crippen LogP contribution in [-0.4, -0.2) is 31.7 Å². The van der Waals surface area contributed by atoms with Crippen LogP contribution in [0.15, 0.2) is 53.4 Å². The Bertz CT molecular complexity index is 868. The van der Waals surface area contributed by atoms with Crippen LogP contribution in [0.1, 0.15) is 41.6 Å². The third kappa shape index (κ3) is 4.31. The number of carbonyl (C=O) groups excluding carboxylic acids is 1. The molecule has 0 radical (unpaired) electrons. The van der Waals surface area contributed by atoms with Crippen molar-refractivity contribution in [3.05, 3.63) is 59.7 Å². The predicted molar refractivity (Wildman–Crippen MR) is 103 cm³/mol.